The highest BCUT2D eigenvalue weighted by Gasteiger charge is 2.23. The van der Waals surface area contributed by atoms with E-state index in [-0.39, 0.29) is 12.2 Å². The zero-order valence-corrected chi connectivity index (χ0v) is 20.0. The highest BCUT2D eigenvalue weighted by atomic mass is 19.1. The van der Waals surface area contributed by atoms with E-state index < -0.39 is 11.8 Å². The van der Waals surface area contributed by atoms with Crippen molar-refractivity contribution in [1.82, 2.24) is 9.55 Å². The summed E-state index contributed by atoms with van der Waals surface area (Å²) in [6, 6.07) is 17.8. The Kier molecular flexibility index (Phi) is 6.03. The highest BCUT2D eigenvalue weighted by molar-refractivity contribution is 6.01. The van der Waals surface area contributed by atoms with Gasteiger partial charge < -0.3 is 14.4 Å². The Morgan fingerprint density at radius 1 is 1.19 bits per heavy atom. The van der Waals surface area contributed by atoms with Crippen molar-refractivity contribution in [3.63, 3.8) is 0 Å². The molecule has 0 fully saturated rings. The lowest BCUT2D eigenvalue weighted by molar-refractivity contribution is 0.0699. The number of para-hydroxylation sites is 1. The van der Waals surface area contributed by atoms with Gasteiger partial charge >= 0.3 is 5.97 Å². The molecular formula is C29H24FN3O3. The summed E-state index contributed by atoms with van der Waals surface area (Å²) >= 11 is 0. The number of nitrogens with zero attached hydrogens (tertiary/aromatic N) is 3. The molecule has 1 aliphatic rings. The van der Waals surface area contributed by atoms with E-state index in [0.29, 0.717) is 28.9 Å². The third-order valence-electron chi connectivity index (χ3n) is 6.48. The smallest absolute Gasteiger partial charge is 0.337 e. The molecule has 0 atom stereocenters. The second-order valence-electron chi connectivity index (χ2n) is 8.88. The van der Waals surface area contributed by atoms with Crippen LogP contribution in [0.4, 0.5) is 4.39 Å². The molecule has 0 aliphatic carbocycles. The molecule has 6 nitrogen and oxygen atoms in total. The molecule has 3 aromatic carbocycles. The van der Waals surface area contributed by atoms with Crippen LogP contribution in [0.5, 0.6) is 5.75 Å². The third-order valence-corrected chi connectivity index (χ3v) is 6.48. The molecule has 1 N–H and O–H groups in total. The summed E-state index contributed by atoms with van der Waals surface area (Å²) in [5.41, 5.74) is 6.14. The van der Waals surface area contributed by atoms with Crippen LogP contribution in [-0.2, 0) is 19.6 Å². The Bertz CT molecular complexity index is 1590. The van der Waals surface area contributed by atoms with Crippen molar-refractivity contribution in [3.05, 3.63) is 99.6 Å². The number of hydrogen-bond acceptors (Lipinski definition) is 4. The minimum atomic E-state index is -1.00. The second-order valence-corrected chi connectivity index (χ2v) is 8.88. The molecule has 36 heavy (non-hydrogen) atoms. The summed E-state index contributed by atoms with van der Waals surface area (Å²) in [7, 11) is 0. The van der Waals surface area contributed by atoms with Crippen LogP contribution in [0.3, 0.4) is 0 Å². The van der Waals surface area contributed by atoms with Gasteiger partial charge in [-0.3, -0.25) is 0 Å². The van der Waals surface area contributed by atoms with Crippen molar-refractivity contribution in [2.24, 2.45) is 0 Å². The van der Waals surface area contributed by atoms with Gasteiger partial charge in [0.05, 0.1) is 17.1 Å². The lowest BCUT2D eigenvalue weighted by Crippen LogP contribution is -2.07. The predicted octanol–water partition coefficient (Wildman–Crippen LogP) is 6.11. The summed E-state index contributed by atoms with van der Waals surface area (Å²) in [5.74, 6) is -0.162. The summed E-state index contributed by atoms with van der Waals surface area (Å²) in [6.07, 6.45) is 1.59. The monoisotopic (exact) mass is 481 g/mol. The summed E-state index contributed by atoms with van der Waals surface area (Å²) in [6.45, 7) is 4.55. The Morgan fingerprint density at radius 3 is 2.75 bits per heavy atom. The standard InChI is InChI=1S/C29H24FN3O3/c1-3-5-26-32-28-23(29(34)35)6-4-7-24(28)33(26)15-18-8-10-21-19(12-18)16-36-25-13-20(30)9-11-22(25)27(21)17(2)14-31/h4,6-13H,3,5,15-16H2,1-2H3,(H,34,35)/b27-17+. The first-order chi connectivity index (χ1) is 17.4. The van der Waals surface area contributed by atoms with Crippen LogP contribution < -0.4 is 4.74 Å². The zero-order valence-electron chi connectivity index (χ0n) is 20.0. The van der Waals surface area contributed by atoms with Crippen molar-refractivity contribution >= 4 is 22.6 Å². The summed E-state index contributed by atoms with van der Waals surface area (Å²) in [5, 5.41) is 19.3. The molecule has 0 amide bonds. The first-order valence-corrected chi connectivity index (χ1v) is 11.8. The number of nitriles is 1. The number of carbonyl (C=O) groups is 1. The summed E-state index contributed by atoms with van der Waals surface area (Å²) in [4.78, 5) is 16.4. The molecule has 0 unspecified atom stereocenters. The fraction of sp³-hybridized carbons (Fsp3) is 0.207. The van der Waals surface area contributed by atoms with Crippen molar-refractivity contribution in [2.45, 2.75) is 39.8 Å². The van der Waals surface area contributed by atoms with Crippen LogP contribution in [0.25, 0.3) is 16.6 Å². The van der Waals surface area contributed by atoms with Gasteiger partial charge in [0.25, 0.3) is 0 Å². The van der Waals surface area contributed by atoms with Crippen molar-refractivity contribution < 1.29 is 19.0 Å². The van der Waals surface area contributed by atoms with Crippen molar-refractivity contribution in [1.29, 1.82) is 5.26 Å². The lowest BCUT2D eigenvalue weighted by Gasteiger charge is -2.14. The SMILES string of the molecule is CCCc1nc2c(C(=O)O)cccc2n1Cc1ccc2c(c1)COc1cc(F)ccc1/C2=C(\C)C#N. The van der Waals surface area contributed by atoms with Gasteiger partial charge in [0, 0.05) is 35.7 Å². The van der Waals surface area contributed by atoms with Crippen LogP contribution in [0.1, 0.15) is 58.7 Å². The fourth-order valence-corrected chi connectivity index (χ4v) is 4.83. The Morgan fingerprint density at radius 2 is 2.00 bits per heavy atom. The van der Waals surface area contributed by atoms with E-state index in [4.69, 9.17) is 4.74 Å². The number of halogens is 1. The zero-order chi connectivity index (χ0) is 25.4. The topological polar surface area (TPSA) is 88.1 Å². The number of allylic oxidation sites excluding steroid dienone is 1. The van der Waals surface area contributed by atoms with E-state index in [0.717, 1.165) is 46.4 Å². The number of aromatic carboxylic acids is 1. The number of imidazole rings is 1. The van der Waals surface area contributed by atoms with Crippen LogP contribution in [0, 0.1) is 17.1 Å². The molecule has 5 rings (SSSR count). The number of fused-ring (bicyclic) bond motifs is 3. The Balaban J connectivity index is 1.61. The Hall–Kier alpha value is -4.44. The molecule has 0 spiro atoms. The highest BCUT2D eigenvalue weighted by Crippen LogP contribution is 2.39. The first kappa shape index (κ1) is 23.3. The average Bonchev–Trinajstić information content (AvgIpc) is 3.12. The largest absolute Gasteiger partial charge is 0.488 e. The molecule has 1 aromatic heterocycles. The van der Waals surface area contributed by atoms with Gasteiger partial charge in [-0.2, -0.15) is 5.26 Å². The van der Waals surface area contributed by atoms with Crippen LogP contribution in [-0.4, -0.2) is 20.6 Å². The minimum Gasteiger partial charge on any atom is -0.488 e. The number of carboxylic acid groups (broad SMARTS) is 1. The van der Waals surface area contributed by atoms with Crippen molar-refractivity contribution in [2.75, 3.05) is 0 Å². The number of hydrogen-bond donors (Lipinski definition) is 1. The van der Waals surface area contributed by atoms with E-state index in [1.807, 2.05) is 24.3 Å². The minimum absolute atomic E-state index is 0.186. The van der Waals surface area contributed by atoms with Gasteiger partial charge in [0.1, 0.15) is 29.5 Å². The molecule has 0 radical (unpaired) electrons. The number of benzene rings is 3. The van der Waals surface area contributed by atoms with Crippen LogP contribution in [0.2, 0.25) is 0 Å². The number of ether oxygens (including phenoxy) is 1. The molecule has 4 aromatic rings. The molecule has 2 heterocycles. The second kappa shape index (κ2) is 9.31. The van der Waals surface area contributed by atoms with E-state index in [2.05, 4.69) is 22.5 Å². The van der Waals surface area contributed by atoms with E-state index in [1.54, 1.807) is 25.1 Å². The van der Waals surface area contributed by atoms with E-state index in [1.165, 1.54) is 12.1 Å². The van der Waals surface area contributed by atoms with Gasteiger partial charge in [-0.1, -0.05) is 25.1 Å². The molecule has 0 saturated carbocycles. The van der Waals surface area contributed by atoms with E-state index >= 15 is 0 Å². The number of rotatable bonds is 5. The van der Waals surface area contributed by atoms with Gasteiger partial charge in [0.2, 0.25) is 0 Å². The number of aryl methyl sites for hydroxylation is 1. The normalized spacial score (nSPS) is 13.8. The maximum absolute atomic E-state index is 13.9. The molecule has 0 saturated heterocycles. The molecular weight excluding hydrogens is 457 g/mol. The predicted molar refractivity (Wildman–Crippen MR) is 134 cm³/mol. The van der Waals surface area contributed by atoms with Gasteiger partial charge in [-0.15, -0.1) is 0 Å². The average molecular weight is 482 g/mol. The number of aromatic nitrogens is 2. The Labute approximate surface area is 207 Å². The van der Waals surface area contributed by atoms with Gasteiger partial charge in [-0.05, 0) is 60.4 Å². The molecule has 0 bridgehead atoms. The van der Waals surface area contributed by atoms with Gasteiger partial charge in [-0.25, -0.2) is 14.2 Å². The quantitative estimate of drug-likeness (QED) is 0.347. The molecule has 180 valence electrons. The summed E-state index contributed by atoms with van der Waals surface area (Å²) < 4.78 is 22.0. The first-order valence-electron chi connectivity index (χ1n) is 11.8. The maximum Gasteiger partial charge on any atom is 0.337 e. The van der Waals surface area contributed by atoms with Crippen molar-refractivity contribution in [3.8, 4) is 11.8 Å². The van der Waals surface area contributed by atoms with Crippen LogP contribution in [0.15, 0.2) is 60.2 Å². The van der Waals surface area contributed by atoms with E-state index in [9.17, 15) is 19.6 Å². The maximum atomic E-state index is 13.9. The van der Waals surface area contributed by atoms with Crippen LogP contribution >= 0.6 is 0 Å². The molecule has 1 aliphatic heterocycles. The number of carboxylic acids is 1. The lowest BCUT2D eigenvalue weighted by atomic mass is 9.90. The fourth-order valence-electron chi connectivity index (χ4n) is 4.83. The third kappa shape index (κ3) is 4.01. The molecule has 7 heteroatoms. The van der Waals surface area contributed by atoms with Gasteiger partial charge in [0.15, 0.2) is 0 Å².